The van der Waals surface area contributed by atoms with Gasteiger partial charge in [-0.2, -0.15) is 9.47 Å². The molecule has 3 heterocycles. The Morgan fingerprint density at radius 1 is 1.37 bits per heavy atom. The summed E-state index contributed by atoms with van der Waals surface area (Å²) in [4.78, 5) is 33.7. The molecule has 0 aliphatic heterocycles. The van der Waals surface area contributed by atoms with Crippen molar-refractivity contribution in [1.82, 2.24) is 24.1 Å². The average molecular weight is 384 g/mol. The molecule has 1 aliphatic rings. The maximum absolute atomic E-state index is 12.8. The minimum absolute atomic E-state index is 0.111. The molecule has 27 heavy (non-hydrogen) atoms. The van der Waals surface area contributed by atoms with Crippen LogP contribution in [0.2, 0.25) is 0 Å². The number of carbonyl (C=O) groups is 1. The quantitative estimate of drug-likeness (QED) is 0.725. The first kappa shape index (κ1) is 17.7. The number of carbonyl (C=O) groups excluding carboxylic acids is 1. The molecule has 0 bridgehead atoms. The first-order chi connectivity index (χ1) is 12.9. The van der Waals surface area contributed by atoms with Crippen molar-refractivity contribution in [2.75, 3.05) is 5.32 Å². The van der Waals surface area contributed by atoms with Crippen molar-refractivity contribution >= 4 is 34.2 Å². The van der Waals surface area contributed by atoms with Crippen LogP contribution < -0.4 is 10.9 Å². The number of nitrogens with zero attached hydrogens (tertiary/aromatic N) is 5. The summed E-state index contributed by atoms with van der Waals surface area (Å²) < 4.78 is 5.23. The second kappa shape index (κ2) is 6.80. The van der Waals surface area contributed by atoms with Crippen LogP contribution >= 0.6 is 11.5 Å². The number of fused-ring (bicyclic) bond motifs is 1. The van der Waals surface area contributed by atoms with E-state index in [2.05, 4.69) is 24.8 Å². The molecule has 0 aromatic carbocycles. The predicted molar refractivity (Wildman–Crippen MR) is 103 cm³/mol. The van der Waals surface area contributed by atoms with Crippen molar-refractivity contribution < 1.29 is 4.79 Å². The van der Waals surface area contributed by atoms with E-state index in [9.17, 15) is 9.59 Å². The number of aromatic nitrogens is 5. The Morgan fingerprint density at radius 2 is 2.15 bits per heavy atom. The summed E-state index contributed by atoms with van der Waals surface area (Å²) in [5.74, 6) is 0.464. The lowest BCUT2D eigenvalue weighted by atomic mass is 10.0. The van der Waals surface area contributed by atoms with Crippen LogP contribution in [0.4, 0.5) is 5.95 Å². The normalized spacial score (nSPS) is 14.1. The third kappa shape index (κ3) is 3.59. The SMILES string of the molecule is Cc1nc(NC(=O)Cn2nc(C(C)C)c3cc(C4CC4)ncc3c2=O)ns1. The van der Waals surface area contributed by atoms with Crippen molar-refractivity contribution in [3.63, 3.8) is 0 Å². The molecule has 0 unspecified atom stereocenters. The Labute approximate surface area is 159 Å². The van der Waals surface area contributed by atoms with Crippen molar-refractivity contribution in [3.8, 4) is 0 Å². The summed E-state index contributed by atoms with van der Waals surface area (Å²) >= 11 is 1.20. The van der Waals surface area contributed by atoms with Crippen molar-refractivity contribution in [1.29, 1.82) is 0 Å². The fraction of sp³-hybridized carbons (Fsp3) is 0.444. The summed E-state index contributed by atoms with van der Waals surface area (Å²) in [5, 5.41) is 9.17. The zero-order valence-electron chi connectivity index (χ0n) is 15.4. The fourth-order valence-electron chi connectivity index (χ4n) is 3.01. The van der Waals surface area contributed by atoms with Gasteiger partial charge in [0.1, 0.15) is 11.6 Å². The van der Waals surface area contributed by atoms with Gasteiger partial charge in [-0.25, -0.2) is 9.67 Å². The van der Waals surface area contributed by atoms with E-state index in [0.29, 0.717) is 11.3 Å². The number of aryl methyl sites for hydroxylation is 1. The lowest BCUT2D eigenvalue weighted by Gasteiger charge is -2.13. The minimum atomic E-state index is -0.390. The molecule has 3 aromatic heterocycles. The van der Waals surface area contributed by atoms with Crippen LogP contribution in [0.25, 0.3) is 10.8 Å². The third-order valence-electron chi connectivity index (χ3n) is 4.51. The highest BCUT2D eigenvalue weighted by Crippen LogP contribution is 2.39. The Morgan fingerprint density at radius 3 is 2.78 bits per heavy atom. The van der Waals surface area contributed by atoms with Crippen LogP contribution in [0.15, 0.2) is 17.1 Å². The summed E-state index contributed by atoms with van der Waals surface area (Å²) in [5.41, 5.74) is 1.50. The highest BCUT2D eigenvalue weighted by atomic mass is 32.1. The molecule has 0 radical (unpaired) electrons. The molecule has 1 aliphatic carbocycles. The zero-order valence-corrected chi connectivity index (χ0v) is 16.2. The van der Waals surface area contributed by atoms with Gasteiger partial charge in [-0.15, -0.1) is 0 Å². The van der Waals surface area contributed by atoms with Crippen LogP contribution in [0.1, 0.15) is 54.9 Å². The van der Waals surface area contributed by atoms with Crippen molar-refractivity contribution in [2.45, 2.75) is 52.0 Å². The van der Waals surface area contributed by atoms with E-state index in [1.54, 1.807) is 13.1 Å². The molecule has 0 spiro atoms. The number of anilines is 1. The highest BCUT2D eigenvalue weighted by Gasteiger charge is 2.26. The second-order valence-corrected chi connectivity index (χ2v) is 8.07. The smallest absolute Gasteiger partial charge is 0.276 e. The van der Waals surface area contributed by atoms with Gasteiger partial charge >= 0.3 is 0 Å². The van der Waals surface area contributed by atoms with Crippen molar-refractivity contribution in [3.05, 3.63) is 39.0 Å². The van der Waals surface area contributed by atoms with Gasteiger partial charge in [-0.3, -0.25) is 19.9 Å². The fourth-order valence-corrected chi connectivity index (χ4v) is 3.44. The van der Waals surface area contributed by atoms with Gasteiger partial charge in [0, 0.05) is 23.2 Å². The average Bonchev–Trinajstić information content (AvgIpc) is 3.40. The number of rotatable bonds is 5. The van der Waals surface area contributed by atoms with Gasteiger partial charge in [0.25, 0.3) is 5.56 Å². The van der Waals surface area contributed by atoms with E-state index in [-0.39, 0.29) is 29.9 Å². The van der Waals surface area contributed by atoms with Crippen LogP contribution in [0.3, 0.4) is 0 Å². The zero-order chi connectivity index (χ0) is 19.1. The molecule has 1 saturated carbocycles. The number of pyridine rings is 1. The van der Waals surface area contributed by atoms with Crippen LogP contribution in [0, 0.1) is 6.92 Å². The van der Waals surface area contributed by atoms with Crippen LogP contribution in [-0.2, 0) is 11.3 Å². The second-order valence-electron chi connectivity index (χ2n) is 7.12. The van der Waals surface area contributed by atoms with Crippen molar-refractivity contribution in [2.24, 2.45) is 0 Å². The number of nitrogens with one attached hydrogen (secondary N) is 1. The topological polar surface area (TPSA) is 103 Å². The maximum Gasteiger partial charge on any atom is 0.276 e. The molecule has 8 nitrogen and oxygen atoms in total. The van der Waals surface area contributed by atoms with Crippen LogP contribution in [0.5, 0.6) is 0 Å². The lowest BCUT2D eigenvalue weighted by molar-refractivity contribution is -0.117. The molecule has 0 atom stereocenters. The molecule has 1 amide bonds. The molecule has 9 heteroatoms. The van der Waals surface area contributed by atoms with E-state index in [0.717, 1.165) is 34.6 Å². The lowest BCUT2D eigenvalue weighted by Crippen LogP contribution is -2.31. The minimum Gasteiger partial charge on any atom is -0.292 e. The number of amides is 1. The Bertz CT molecular complexity index is 1080. The standard InChI is InChI=1S/C18H20N6O2S/c1-9(2)16-12-6-14(11-4-5-11)19-7-13(12)17(26)24(22-16)8-15(25)21-18-20-10(3)27-23-18/h6-7,9,11H,4-5,8H2,1-3H3,(H,21,23,25). The molecule has 140 valence electrons. The summed E-state index contributed by atoms with van der Waals surface area (Å²) in [6, 6.07) is 1.99. The molecular formula is C18H20N6O2S. The van der Waals surface area contributed by atoms with E-state index < -0.39 is 0 Å². The maximum atomic E-state index is 12.8. The van der Waals surface area contributed by atoms with Gasteiger partial charge in [0.15, 0.2) is 0 Å². The van der Waals surface area contributed by atoms with E-state index in [4.69, 9.17) is 0 Å². The summed E-state index contributed by atoms with van der Waals surface area (Å²) in [6.45, 7) is 5.66. The Kier molecular flexibility index (Phi) is 4.47. The predicted octanol–water partition coefficient (Wildman–Crippen LogP) is 2.59. The van der Waals surface area contributed by atoms with Gasteiger partial charge in [0.05, 0.1) is 11.1 Å². The molecule has 0 saturated heterocycles. The molecule has 3 aromatic rings. The molecule has 1 N–H and O–H groups in total. The van der Waals surface area contributed by atoms with Gasteiger partial charge in [-0.1, -0.05) is 13.8 Å². The Hall–Kier alpha value is -2.68. The van der Waals surface area contributed by atoms with Gasteiger partial charge < -0.3 is 0 Å². The number of hydrogen-bond acceptors (Lipinski definition) is 7. The first-order valence-corrected chi connectivity index (χ1v) is 9.70. The first-order valence-electron chi connectivity index (χ1n) is 8.93. The largest absolute Gasteiger partial charge is 0.292 e. The van der Waals surface area contributed by atoms with Gasteiger partial charge in [-0.05, 0) is 43.3 Å². The highest BCUT2D eigenvalue weighted by molar-refractivity contribution is 7.05. The monoisotopic (exact) mass is 384 g/mol. The molecule has 4 rings (SSSR count). The summed E-state index contributed by atoms with van der Waals surface area (Å²) in [7, 11) is 0. The summed E-state index contributed by atoms with van der Waals surface area (Å²) in [6.07, 6.45) is 3.91. The molecule has 1 fully saturated rings. The Balaban J connectivity index is 1.70. The third-order valence-corrected chi connectivity index (χ3v) is 5.13. The number of hydrogen-bond donors (Lipinski definition) is 1. The van der Waals surface area contributed by atoms with E-state index >= 15 is 0 Å². The van der Waals surface area contributed by atoms with Crippen LogP contribution in [-0.4, -0.2) is 30.0 Å². The van der Waals surface area contributed by atoms with E-state index in [1.165, 1.54) is 16.2 Å². The molecular weight excluding hydrogens is 364 g/mol. The van der Waals surface area contributed by atoms with E-state index in [1.807, 2.05) is 19.9 Å². The van der Waals surface area contributed by atoms with Gasteiger partial charge in [0.2, 0.25) is 11.9 Å².